The van der Waals surface area contributed by atoms with Gasteiger partial charge in [-0.15, -0.1) is 6.42 Å². The average Bonchev–Trinajstić information content (AvgIpc) is 2.20. The quantitative estimate of drug-likeness (QED) is 0.726. The molecule has 1 atom stereocenters. The first-order valence-corrected chi connectivity index (χ1v) is 4.62. The fourth-order valence-corrected chi connectivity index (χ4v) is 1.40. The molecule has 0 aromatic heterocycles. The molecule has 0 fully saturated rings. The van der Waals surface area contributed by atoms with Gasteiger partial charge in [0.05, 0.1) is 6.54 Å². The summed E-state index contributed by atoms with van der Waals surface area (Å²) in [4.78, 5) is 11.0. The predicted molar refractivity (Wildman–Crippen MR) is 58.4 cm³/mol. The number of carboxylic acid groups (broad SMARTS) is 1. The van der Waals surface area contributed by atoms with Crippen molar-refractivity contribution < 1.29 is 9.90 Å². The van der Waals surface area contributed by atoms with Crippen LogP contribution in [-0.4, -0.2) is 17.6 Å². The smallest absolute Gasteiger partial charge is 0.325 e. The minimum absolute atomic E-state index is 0.241. The molecular formula is C12H13NO2. The van der Waals surface area contributed by atoms with Crippen molar-refractivity contribution in [3.63, 3.8) is 0 Å². The van der Waals surface area contributed by atoms with E-state index in [1.165, 1.54) is 0 Å². The zero-order valence-electron chi connectivity index (χ0n) is 8.53. The second kappa shape index (κ2) is 5.18. The van der Waals surface area contributed by atoms with E-state index in [0.29, 0.717) is 0 Å². The van der Waals surface area contributed by atoms with Gasteiger partial charge in [0.2, 0.25) is 0 Å². The predicted octanol–water partition coefficient (Wildman–Crippen LogP) is 1.34. The maximum Gasteiger partial charge on any atom is 0.325 e. The maximum absolute atomic E-state index is 11.0. The van der Waals surface area contributed by atoms with E-state index in [2.05, 4.69) is 11.2 Å². The summed E-state index contributed by atoms with van der Waals surface area (Å²) in [6.45, 7) is 2.12. The highest BCUT2D eigenvalue weighted by Crippen LogP contribution is 2.17. The highest BCUT2D eigenvalue weighted by molar-refractivity contribution is 5.76. The van der Waals surface area contributed by atoms with Crippen LogP contribution in [0, 0.1) is 19.3 Å². The Labute approximate surface area is 89.1 Å². The molecule has 0 bridgehead atoms. The van der Waals surface area contributed by atoms with Gasteiger partial charge in [-0.05, 0) is 18.1 Å². The lowest BCUT2D eigenvalue weighted by molar-refractivity contribution is -0.139. The van der Waals surface area contributed by atoms with E-state index in [1.807, 2.05) is 25.1 Å². The van der Waals surface area contributed by atoms with Crippen LogP contribution in [0.15, 0.2) is 24.3 Å². The topological polar surface area (TPSA) is 49.3 Å². The lowest BCUT2D eigenvalue weighted by Gasteiger charge is -2.15. The Kier molecular flexibility index (Phi) is 3.90. The molecule has 1 rings (SSSR count). The molecular weight excluding hydrogens is 190 g/mol. The third kappa shape index (κ3) is 2.83. The number of terminal acetylenes is 1. The Bertz CT molecular complexity index is 393. The van der Waals surface area contributed by atoms with Crippen molar-refractivity contribution in [2.24, 2.45) is 0 Å². The SMILES string of the molecule is C#CCNC(C(=O)O)c1ccccc1C. The molecule has 15 heavy (non-hydrogen) atoms. The first kappa shape index (κ1) is 11.3. The zero-order chi connectivity index (χ0) is 11.3. The Morgan fingerprint density at radius 2 is 2.27 bits per heavy atom. The summed E-state index contributed by atoms with van der Waals surface area (Å²) < 4.78 is 0. The van der Waals surface area contributed by atoms with Gasteiger partial charge in [0.1, 0.15) is 6.04 Å². The standard InChI is InChI=1S/C12H13NO2/c1-3-8-13-11(12(14)15)10-7-5-4-6-9(10)2/h1,4-7,11,13H,8H2,2H3,(H,14,15). The van der Waals surface area contributed by atoms with Crippen molar-refractivity contribution in [2.45, 2.75) is 13.0 Å². The van der Waals surface area contributed by atoms with Crippen LogP contribution in [-0.2, 0) is 4.79 Å². The molecule has 0 radical (unpaired) electrons. The summed E-state index contributed by atoms with van der Waals surface area (Å²) in [5.41, 5.74) is 1.69. The Morgan fingerprint density at radius 1 is 1.60 bits per heavy atom. The summed E-state index contributed by atoms with van der Waals surface area (Å²) in [6.07, 6.45) is 5.09. The number of carboxylic acids is 1. The number of hydrogen-bond acceptors (Lipinski definition) is 2. The summed E-state index contributed by atoms with van der Waals surface area (Å²) in [5, 5.41) is 11.8. The Balaban J connectivity index is 2.95. The van der Waals surface area contributed by atoms with Gasteiger partial charge in [-0.2, -0.15) is 0 Å². The van der Waals surface area contributed by atoms with E-state index in [9.17, 15) is 4.79 Å². The van der Waals surface area contributed by atoms with Gasteiger partial charge >= 0.3 is 5.97 Å². The van der Waals surface area contributed by atoms with Crippen LogP contribution in [0.25, 0.3) is 0 Å². The Morgan fingerprint density at radius 3 is 2.80 bits per heavy atom. The number of nitrogens with one attached hydrogen (secondary N) is 1. The number of carbonyl (C=O) groups is 1. The summed E-state index contributed by atoms with van der Waals surface area (Å²) >= 11 is 0. The summed E-state index contributed by atoms with van der Waals surface area (Å²) in [7, 11) is 0. The van der Waals surface area contributed by atoms with Crippen molar-refractivity contribution in [1.82, 2.24) is 5.32 Å². The molecule has 1 aromatic rings. The van der Waals surface area contributed by atoms with Crippen LogP contribution in [0.5, 0.6) is 0 Å². The molecule has 0 heterocycles. The minimum Gasteiger partial charge on any atom is -0.480 e. The van der Waals surface area contributed by atoms with Crippen LogP contribution in [0.4, 0.5) is 0 Å². The largest absolute Gasteiger partial charge is 0.480 e. The van der Waals surface area contributed by atoms with Crippen molar-refractivity contribution in [1.29, 1.82) is 0 Å². The van der Waals surface area contributed by atoms with E-state index in [1.54, 1.807) is 6.07 Å². The van der Waals surface area contributed by atoms with Gasteiger partial charge in [0.15, 0.2) is 0 Å². The lowest BCUT2D eigenvalue weighted by Crippen LogP contribution is -2.29. The fourth-order valence-electron chi connectivity index (χ4n) is 1.40. The highest BCUT2D eigenvalue weighted by atomic mass is 16.4. The summed E-state index contributed by atoms with van der Waals surface area (Å²) in [5.74, 6) is 1.45. The molecule has 0 amide bonds. The first-order chi connectivity index (χ1) is 7.16. The molecule has 0 aliphatic rings. The van der Waals surface area contributed by atoms with Crippen molar-refractivity contribution >= 4 is 5.97 Å². The molecule has 0 saturated heterocycles. The molecule has 0 aliphatic heterocycles. The second-order valence-corrected chi connectivity index (χ2v) is 3.21. The third-order valence-corrected chi connectivity index (χ3v) is 2.15. The minimum atomic E-state index is -0.917. The first-order valence-electron chi connectivity index (χ1n) is 4.62. The van der Waals surface area contributed by atoms with Crippen molar-refractivity contribution in [3.05, 3.63) is 35.4 Å². The van der Waals surface area contributed by atoms with E-state index in [0.717, 1.165) is 11.1 Å². The van der Waals surface area contributed by atoms with Crippen LogP contribution in [0.2, 0.25) is 0 Å². The van der Waals surface area contributed by atoms with Crippen LogP contribution >= 0.6 is 0 Å². The van der Waals surface area contributed by atoms with Gasteiger partial charge in [-0.3, -0.25) is 10.1 Å². The number of benzene rings is 1. The average molecular weight is 203 g/mol. The van der Waals surface area contributed by atoms with E-state index in [4.69, 9.17) is 11.5 Å². The molecule has 1 unspecified atom stereocenters. The van der Waals surface area contributed by atoms with E-state index in [-0.39, 0.29) is 6.54 Å². The van der Waals surface area contributed by atoms with Crippen LogP contribution < -0.4 is 5.32 Å². The van der Waals surface area contributed by atoms with Gasteiger partial charge < -0.3 is 5.11 Å². The second-order valence-electron chi connectivity index (χ2n) is 3.21. The third-order valence-electron chi connectivity index (χ3n) is 2.15. The molecule has 3 heteroatoms. The van der Waals surface area contributed by atoms with Gasteiger partial charge in [-0.25, -0.2) is 0 Å². The molecule has 1 aromatic carbocycles. The molecule has 0 aliphatic carbocycles. The van der Waals surface area contributed by atoms with Crippen molar-refractivity contribution in [3.8, 4) is 12.3 Å². The highest BCUT2D eigenvalue weighted by Gasteiger charge is 2.19. The van der Waals surface area contributed by atoms with E-state index < -0.39 is 12.0 Å². The molecule has 78 valence electrons. The number of rotatable bonds is 4. The lowest BCUT2D eigenvalue weighted by atomic mass is 10.0. The number of aliphatic carboxylic acids is 1. The van der Waals surface area contributed by atoms with Crippen molar-refractivity contribution in [2.75, 3.05) is 6.54 Å². The number of hydrogen-bond donors (Lipinski definition) is 2. The Hall–Kier alpha value is -1.79. The van der Waals surface area contributed by atoms with Gasteiger partial charge in [0.25, 0.3) is 0 Å². The van der Waals surface area contributed by atoms with Crippen LogP contribution in [0.1, 0.15) is 17.2 Å². The summed E-state index contributed by atoms with van der Waals surface area (Å²) in [6, 6.07) is 6.62. The maximum atomic E-state index is 11.0. The van der Waals surface area contributed by atoms with Gasteiger partial charge in [-0.1, -0.05) is 30.2 Å². The molecule has 3 nitrogen and oxygen atoms in total. The zero-order valence-corrected chi connectivity index (χ0v) is 8.53. The monoisotopic (exact) mass is 203 g/mol. The van der Waals surface area contributed by atoms with Gasteiger partial charge in [0, 0.05) is 0 Å². The van der Waals surface area contributed by atoms with E-state index >= 15 is 0 Å². The van der Waals surface area contributed by atoms with Crippen LogP contribution in [0.3, 0.4) is 0 Å². The normalized spacial score (nSPS) is 11.7. The molecule has 2 N–H and O–H groups in total. The fraction of sp³-hybridized carbons (Fsp3) is 0.250. The molecule has 0 spiro atoms. The number of aryl methyl sites for hydroxylation is 1. The molecule has 0 saturated carbocycles.